The number of pyridine rings is 1. The van der Waals surface area contributed by atoms with Gasteiger partial charge < -0.3 is 15.5 Å². The molecule has 33 heavy (non-hydrogen) atoms. The average molecular weight is 443 g/mol. The third-order valence-corrected chi connectivity index (χ3v) is 7.34. The lowest BCUT2D eigenvalue weighted by Gasteiger charge is -2.41. The number of para-hydroxylation sites is 1. The number of piperidine rings is 1. The Morgan fingerprint density at radius 3 is 2.79 bits per heavy atom. The van der Waals surface area contributed by atoms with Gasteiger partial charge in [0.2, 0.25) is 0 Å². The molecular weight excluding hydrogens is 408 g/mol. The molecule has 2 N–H and O–H groups in total. The van der Waals surface area contributed by atoms with Gasteiger partial charge in [0.15, 0.2) is 0 Å². The van der Waals surface area contributed by atoms with Crippen LogP contribution in [0.5, 0.6) is 0 Å². The molecule has 0 bridgehead atoms. The van der Waals surface area contributed by atoms with E-state index >= 15 is 0 Å². The van der Waals surface area contributed by atoms with Gasteiger partial charge in [-0.15, -0.1) is 0 Å². The molecule has 5 heteroatoms. The summed E-state index contributed by atoms with van der Waals surface area (Å²) in [6.45, 7) is 6.02. The maximum Gasteiger partial charge on any atom is 0.251 e. The Kier molecular flexibility index (Phi) is 6.58. The molecule has 2 aromatic carbocycles. The maximum atomic E-state index is 12.8. The Hall–Kier alpha value is -2.92. The van der Waals surface area contributed by atoms with Crippen LogP contribution in [-0.4, -0.2) is 42.0 Å². The molecule has 0 spiro atoms. The molecule has 1 aromatic heterocycles. The highest BCUT2D eigenvalue weighted by molar-refractivity contribution is 5.96. The largest absolute Gasteiger partial charge is 0.355 e. The normalized spacial score (nSPS) is 20.9. The lowest BCUT2D eigenvalue weighted by molar-refractivity contribution is 0.0833. The summed E-state index contributed by atoms with van der Waals surface area (Å²) in [5.41, 5.74) is 4.51. The SMILES string of the molecule is Cc1cc(Nc2cccc(C(=O)NCCN3CC[C@@H]4CCCC[C@H]4C3)c2)c2ccccc2n1. The summed E-state index contributed by atoms with van der Waals surface area (Å²) < 4.78 is 0. The van der Waals surface area contributed by atoms with Crippen molar-refractivity contribution in [3.05, 3.63) is 65.9 Å². The van der Waals surface area contributed by atoms with E-state index in [1.165, 1.54) is 45.2 Å². The molecule has 2 atom stereocenters. The van der Waals surface area contributed by atoms with E-state index in [4.69, 9.17) is 0 Å². The van der Waals surface area contributed by atoms with Crippen molar-refractivity contribution in [2.45, 2.75) is 39.0 Å². The van der Waals surface area contributed by atoms with Gasteiger partial charge in [0.1, 0.15) is 0 Å². The highest BCUT2D eigenvalue weighted by Gasteiger charge is 2.30. The van der Waals surface area contributed by atoms with E-state index in [-0.39, 0.29) is 5.91 Å². The molecule has 0 radical (unpaired) electrons. The summed E-state index contributed by atoms with van der Waals surface area (Å²) in [6, 6.07) is 17.9. The Labute approximate surface area is 196 Å². The van der Waals surface area contributed by atoms with Gasteiger partial charge in [-0.25, -0.2) is 0 Å². The van der Waals surface area contributed by atoms with E-state index < -0.39 is 0 Å². The first-order chi connectivity index (χ1) is 16.2. The Morgan fingerprint density at radius 1 is 1.03 bits per heavy atom. The Bertz CT molecular complexity index is 1130. The Balaban J connectivity index is 1.19. The number of nitrogens with zero attached hydrogens (tertiary/aromatic N) is 2. The number of aryl methyl sites for hydroxylation is 1. The number of hydrogen-bond donors (Lipinski definition) is 2. The summed E-state index contributed by atoms with van der Waals surface area (Å²) in [4.78, 5) is 20.0. The number of fused-ring (bicyclic) bond motifs is 2. The molecule has 2 aliphatic rings. The third kappa shape index (κ3) is 5.19. The third-order valence-electron chi connectivity index (χ3n) is 7.34. The fourth-order valence-corrected chi connectivity index (χ4v) is 5.61. The molecule has 0 unspecified atom stereocenters. The number of nitrogens with one attached hydrogen (secondary N) is 2. The lowest BCUT2D eigenvalue weighted by atomic mass is 9.75. The molecule has 1 aliphatic heterocycles. The van der Waals surface area contributed by atoms with Gasteiger partial charge >= 0.3 is 0 Å². The highest BCUT2D eigenvalue weighted by atomic mass is 16.1. The number of carbonyl (C=O) groups is 1. The number of hydrogen-bond acceptors (Lipinski definition) is 4. The van der Waals surface area contributed by atoms with E-state index in [1.807, 2.05) is 55.5 Å². The zero-order chi connectivity index (χ0) is 22.6. The van der Waals surface area contributed by atoms with Crippen molar-refractivity contribution >= 4 is 28.2 Å². The van der Waals surface area contributed by atoms with Crippen LogP contribution in [-0.2, 0) is 0 Å². The van der Waals surface area contributed by atoms with Crippen LogP contribution < -0.4 is 10.6 Å². The molecule has 5 rings (SSSR count). The maximum absolute atomic E-state index is 12.8. The summed E-state index contributed by atoms with van der Waals surface area (Å²) in [5, 5.41) is 7.69. The van der Waals surface area contributed by atoms with Crippen molar-refractivity contribution in [1.29, 1.82) is 0 Å². The van der Waals surface area contributed by atoms with Crippen LogP contribution in [0.25, 0.3) is 10.9 Å². The first kappa shape index (κ1) is 21.9. The number of likely N-dealkylation sites (tertiary alicyclic amines) is 1. The minimum atomic E-state index is -0.0121. The molecule has 3 aromatic rings. The molecule has 1 saturated carbocycles. The van der Waals surface area contributed by atoms with Gasteiger partial charge in [0, 0.05) is 47.7 Å². The Morgan fingerprint density at radius 2 is 1.88 bits per heavy atom. The number of anilines is 2. The van der Waals surface area contributed by atoms with E-state index in [2.05, 4.69) is 26.6 Å². The van der Waals surface area contributed by atoms with E-state index in [1.54, 1.807) is 0 Å². The molecule has 2 fully saturated rings. The number of rotatable bonds is 6. The minimum absolute atomic E-state index is 0.0121. The molecular formula is C28H34N4O. The molecule has 1 amide bonds. The van der Waals surface area contributed by atoms with Gasteiger partial charge in [-0.3, -0.25) is 9.78 Å². The second kappa shape index (κ2) is 9.92. The molecule has 172 valence electrons. The zero-order valence-corrected chi connectivity index (χ0v) is 19.5. The topological polar surface area (TPSA) is 57.3 Å². The van der Waals surface area contributed by atoms with Crippen molar-refractivity contribution in [2.24, 2.45) is 11.8 Å². The first-order valence-electron chi connectivity index (χ1n) is 12.4. The monoisotopic (exact) mass is 442 g/mol. The van der Waals surface area contributed by atoms with E-state index in [0.717, 1.165) is 46.4 Å². The predicted molar refractivity (Wildman–Crippen MR) is 135 cm³/mol. The van der Waals surface area contributed by atoms with Gasteiger partial charge in [-0.1, -0.05) is 43.5 Å². The summed E-state index contributed by atoms with van der Waals surface area (Å²) in [6.07, 6.45) is 6.96. The van der Waals surface area contributed by atoms with Crippen LogP contribution in [0.2, 0.25) is 0 Å². The van der Waals surface area contributed by atoms with E-state index in [0.29, 0.717) is 12.1 Å². The van der Waals surface area contributed by atoms with Crippen LogP contribution in [0.15, 0.2) is 54.6 Å². The number of carbonyl (C=O) groups excluding carboxylic acids is 1. The summed E-state index contributed by atoms with van der Waals surface area (Å²) in [7, 11) is 0. The number of aromatic nitrogens is 1. The van der Waals surface area contributed by atoms with Gasteiger partial charge in [-0.2, -0.15) is 0 Å². The molecule has 1 saturated heterocycles. The quantitative estimate of drug-likeness (QED) is 0.527. The fraction of sp³-hybridized carbons (Fsp3) is 0.429. The standard InChI is InChI=1S/C28H34N4O/c1-20-17-27(25-11-4-5-12-26(25)30-20)31-24-10-6-9-22(18-24)28(33)29-14-16-32-15-13-21-7-2-3-8-23(21)19-32/h4-6,9-12,17-18,21,23H,2-3,7-8,13-16,19H2,1H3,(H,29,33)(H,30,31)/t21-,23-/m0/s1. The average Bonchev–Trinajstić information content (AvgIpc) is 2.84. The van der Waals surface area contributed by atoms with Gasteiger partial charge in [-0.05, 0) is 68.5 Å². The number of amides is 1. The predicted octanol–water partition coefficient (Wildman–Crippen LogP) is 5.53. The van der Waals surface area contributed by atoms with Crippen molar-refractivity contribution in [2.75, 3.05) is 31.5 Å². The smallest absolute Gasteiger partial charge is 0.251 e. The summed E-state index contributed by atoms with van der Waals surface area (Å²) in [5.74, 6) is 1.81. The number of benzene rings is 2. The van der Waals surface area contributed by atoms with Crippen molar-refractivity contribution < 1.29 is 4.79 Å². The fourth-order valence-electron chi connectivity index (χ4n) is 5.61. The highest BCUT2D eigenvalue weighted by Crippen LogP contribution is 2.35. The zero-order valence-electron chi connectivity index (χ0n) is 19.5. The van der Waals surface area contributed by atoms with Crippen LogP contribution in [0.4, 0.5) is 11.4 Å². The summed E-state index contributed by atoms with van der Waals surface area (Å²) >= 11 is 0. The molecule has 1 aliphatic carbocycles. The van der Waals surface area contributed by atoms with Gasteiger partial charge in [0.25, 0.3) is 5.91 Å². The van der Waals surface area contributed by atoms with E-state index in [9.17, 15) is 4.79 Å². The van der Waals surface area contributed by atoms with Crippen LogP contribution in [0.1, 0.15) is 48.2 Å². The van der Waals surface area contributed by atoms with Gasteiger partial charge in [0.05, 0.1) is 5.52 Å². The molecule has 5 nitrogen and oxygen atoms in total. The van der Waals surface area contributed by atoms with Crippen LogP contribution in [0.3, 0.4) is 0 Å². The van der Waals surface area contributed by atoms with Crippen molar-refractivity contribution in [3.8, 4) is 0 Å². The molecule has 2 heterocycles. The van der Waals surface area contributed by atoms with Crippen molar-refractivity contribution in [3.63, 3.8) is 0 Å². The minimum Gasteiger partial charge on any atom is -0.355 e. The first-order valence-corrected chi connectivity index (χ1v) is 12.4. The lowest BCUT2D eigenvalue weighted by Crippen LogP contribution is -2.44. The van der Waals surface area contributed by atoms with Crippen LogP contribution in [0, 0.1) is 18.8 Å². The van der Waals surface area contributed by atoms with Crippen molar-refractivity contribution in [1.82, 2.24) is 15.2 Å². The van der Waals surface area contributed by atoms with Crippen LogP contribution >= 0.6 is 0 Å². The second-order valence-corrected chi connectivity index (χ2v) is 9.68. The second-order valence-electron chi connectivity index (χ2n) is 9.68.